The maximum Gasteiger partial charge on any atom is 0.0750 e. The summed E-state index contributed by atoms with van der Waals surface area (Å²) in [5.41, 5.74) is 5.05. The van der Waals surface area contributed by atoms with Crippen molar-refractivity contribution in [2.45, 2.75) is 31.9 Å². The number of fused-ring (bicyclic) bond motifs is 1. The quantitative estimate of drug-likeness (QED) is 0.618. The number of methoxy groups -OCH3 is 1. The molecule has 0 spiro atoms. The van der Waals surface area contributed by atoms with E-state index in [9.17, 15) is 0 Å². The van der Waals surface area contributed by atoms with E-state index in [4.69, 9.17) is 10.6 Å². The molecule has 0 aliphatic heterocycles. The van der Waals surface area contributed by atoms with Crippen LogP contribution in [0.2, 0.25) is 0 Å². The lowest BCUT2D eigenvalue weighted by molar-refractivity contribution is 0.106. The van der Waals surface area contributed by atoms with Gasteiger partial charge in [0.1, 0.15) is 0 Å². The van der Waals surface area contributed by atoms with Crippen molar-refractivity contribution >= 4 is 10.9 Å². The van der Waals surface area contributed by atoms with Crippen LogP contribution in [0.25, 0.3) is 10.9 Å². The summed E-state index contributed by atoms with van der Waals surface area (Å²) in [5.74, 6) is 5.70. The van der Waals surface area contributed by atoms with E-state index in [1.165, 1.54) is 0 Å². The smallest absolute Gasteiger partial charge is 0.0750 e. The Labute approximate surface area is 113 Å². The van der Waals surface area contributed by atoms with Crippen LogP contribution in [0.15, 0.2) is 36.5 Å². The van der Waals surface area contributed by atoms with Crippen LogP contribution in [0, 0.1) is 0 Å². The summed E-state index contributed by atoms with van der Waals surface area (Å²) in [6.07, 6.45) is 3.92. The van der Waals surface area contributed by atoms with Gasteiger partial charge in [-0.15, -0.1) is 0 Å². The molecular formula is C15H21N3O. The average Bonchev–Trinajstić information content (AvgIpc) is 2.47. The molecule has 0 saturated carbocycles. The van der Waals surface area contributed by atoms with Crippen molar-refractivity contribution in [3.63, 3.8) is 0 Å². The van der Waals surface area contributed by atoms with Crippen molar-refractivity contribution in [2.24, 2.45) is 5.84 Å². The fourth-order valence-corrected chi connectivity index (χ4v) is 2.26. The lowest BCUT2D eigenvalue weighted by atomic mass is 9.98. The predicted molar refractivity (Wildman–Crippen MR) is 77.5 cm³/mol. The molecule has 2 atom stereocenters. The van der Waals surface area contributed by atoms with Gasteiger partial charge in [-0.1, -0.05) is 24.3 Å². The number of nitrogens with zero attached hydrogens (tertiary/aromatic N) is 1. The van der Waals surface area contributed by atoms with Crippen molar-refractivity contribution in [3.8, 4) is 0 Å². The molecule has 0 amide bonds. The molecule has 0 bridgehead atoms. The number of para-hydroxylation sites is 1. The zero-order chi connectivity index (χ0) is 13.7. The highest BCUT2D eigenvalue weighted by Gasteiger charge is 2.14. The Morgan fingerprint density at radius 3 is 2.79 bits per heavy atom. The average molecular weight is 259 g/mol. The highest BCUT2D eigenvalue weighted by molar-refractivity contribution is 5.81. The maximum atomic E-state index is 5.70. The number of hydrogen-bond donors (Lipinski definition) is 2. The Morgan fingerprint density at radius 2 is 2.05 bits per heavy atom. The molecule has 2 rings (SSSR count). The van der Waals surface area contributed by atoms with Crippen LogP contribution in [-0.2, 0) is 4.74 Å². The van der Waals surface area contributed by atoms with Gasteiger partial charge in [0.15, 0.2) is 0 Å². The van der Waals surface area contributed by atoms with Crippen molar-refractivity contribution in [3.05, 3.63) is 42.1 Å². The monoisotopic (exact) mass is 259 g/mol. The zero-order valence-electron chi connectivity index (χ0n) is 11.5. The molecule has 4 nitrogen and oxygen atoms in total. The third kappa shape index (κ3) is 3.29. The van der Waals surface area contributed by atoms with Gasteiger partial charge in [-0.05, 0) is 31.4 Å². The Hall–Kier alpha value is -1.49. The van der Waals surface area contributed by atoms with Gasteiger partial charge in [-0.25, -0.2) is 0 Å². The summed E-state index contributed by atoms with van der Waals surface area (Å²) >= 11 is 0. The number of benzene rings is 1. The summed E-state index contributed by atoms with van der Waals surface area (Å²) in [7, 11) is 1.73. The second kappa shape index (κ2) is 6.61. The van der Waals surface area contributed by atoms with Crippen molar-refractivity contribution in [1.82, 2.24) is 10.4 Å². The SMILES string of the molecule is COC(C)CCC(NN)c1cccc2cccnc12. The van der Waals surface area contributed by atoms with Crippen molar-refractivity contribution in [1.29, 1.82) is 0 Å². The van der Waals surface area contributed by atoms with Gasteiger partial charge in [0, 0.05) is 24.7 Å². The van der Waals surface area contributed by atoms with Gasteiger partial charge < -0.3 is 4.74 Å². The summed E-state index contributed by atoms with van der Waals surface area (Å²) in [6.45, 7) is 2.06. The van der Waals surface area contributed by atoms with E-state index in [2.05, 4.69) is 35.5 Å². The maximum absolute atomic E-state index is 5.70. The van der Waals surface area contributed by atoms with Crippen LogP contribution in [0.5, 0.6) is 0 Å². The number of nitrogens with two attached hydrogens (primary N) is 1. The normalized spacial score (nSPS) is 14.5. The Kier molecular flexibility index (Phi) is 4.85. The molecule has 0 aliphatic rings. The summed E-state index contributed by atoms with van der Waals surface area (Å²) in [5, 5.41) is 1.14. The van der Waals surface area contributed by atoms with Crippen LogP contribution in [0.4, 0.5) is 0 Å². The van der Waals surface area contributed by atoms with Gasteiger partial charge in [0.25, 0.3) is 0 Å². The molecule has 0 radical (unpaired) electrons. The number of hydrogen-bond acceptors (Lipinski definition) is 4. The summed E-state index contributed by atoms with van der Waals surface area (Å²) < 4.78 is 5.28. The van der Waals surface area contributed by atoms with E-state index in [0.29, 0.717) is 0 Å². The van der Waals surface area contributed by atoms with Crippen LogP contribution >= 0.6 is 0 Å². The number of ether oxygens (including phenoxy) is 1. The molecule has 3 N–H and O–H groups in total. The third-order valence-electron chi connectivity index (χ3n) is 3.50. The summed E-state index contributed by atoms with van der Waals surface area (Å²) in [6, 6.07) is 10.3. The minimum Gasteiger partial charge on any atom is -0.382 e. The largest absolute Gasteiger partial charge is 0.382 e. The van der Waals surface area contributed by atoms with E-state index in [-0.39, 0.29) is 12.1 Å². The number of rotatable bonds is 6. The molecule has 2 unspecified atom stereocenters. The van der Waals surface area contributed by atoms with E-state index >= 15 is 0 Å². The predicted octanol–water partition coefficient (Wildman–Crippen LogP) is 2.55. The molecule has 2 aromatic rings. The Bertz CT molecular complexity index is 524. The second-order valence-electron chi connectivity index (χ2n) is 4.77. The van der Waals surface area contributed by atoms with E-state index in [0.717, 1.165) is 29.3 Å². The third-order valence-corrected chi connectivity index (χ3v) is 3.50. The van der Waals surface area contributed by atoms with Crippen LogP contribution in [0.1, 0.15) is 31.4 Å². The first kappa shape index (κ1) is 13.9. The van der Waals surface area contributed by atoms with Gasteiger partial charge >= 0.3 is 0 Å². The molecule has 19 heavy (non-hydrogen) atoms. The molecule has 0 aliphatic carbocycles. The fourth-order valence-electron chi connectivity index (χ4n) is 2.26. The fraction of sp³-hybridized carbons (Fsp3) is 0.400. The van der Waals surface area contributed by atoms with Gasteiger partial charge in [0.2, 0.25) is 0 Å². The lowest BCUT2D eigenvalue weighted by Crippen LogP contribution is -2.29. The number of pyridine rings is 1. The molecule has 1 aromatic heterocycles. The van der Waals surface area contributed by atoms with E-state index in [1.807, 2.05) is 18.3 Å². The Morgan fingerprint density at radius 1 is 1.26 bits per heavy atom. The topological polar surface area (TPSA) is 60.2 Å². The number of hydrazine groups is 1. The first-order valence-electron chi connectivity index (χ1n) is 6.58. The van der Waals surface area contributed by atoms with Crippen LogP contribution < -0.4 is 11.3 Å². The molecule has 0 saturated heterocycles. The first-order chi connectivity index (χ1) is 9.26. The summed E-state index contributed by atoms with van der Waals surface area (Å²) in [4.78, 5) is 4.47. The van der Waals surface area contributed by atoms with E-state index in [1.54, 1.807) is 7.11 Å². The van der Waals surface area contributed by atoms with Crippen LogP contribution in [0.3, 0.4) is 0 Å². The molecule has 1 aromatic carbocycles. The molecule has 0 fully saturated rings. The zero-order valence-corrected chi connectivity index (χ0v) is 11.5. The van der Waals surface area contributed by atoms with Gasteiger partial charge in [-0.3, -0.25) is 16.3 Å². The molecule has 102 valence electrons. The lowest BCUT2D eigenvalue weighted by Gasteiger charge is -2.19. The van der Waals surface area contributed by atoms with E-state index < -0.39 is 0 Å². The Balaban J connectivity index is 2.25. The van der Waals surface area contributed by atoms with Crippen LogP contribution in [-0.4, -0.2) is 18.2 Å². The second-order valence-corrected chi connectivity index (χ2v) is 4.77. The minimum atomic E-state index is 0.0937. The van der Waals surface area contributed by atoms with Gasteiger partial charge in [0.05, 0.1) is 11.6 Å². The molecule has 4 heteroatoms. The number of aromatic nitrogens is 1. The highest BCUT2D eigenvalue weighted by Crippen LogP contribution is 2.25. The standard InChI is InChI=1S/C15H21N3O/c1-11(19-2)8-9-14(18-16)13-7-3-5-12-6-4-10-17-15(12)13/h3-7,10-11,14,18H,8-9,16H2,1-2H3. The van der Waals surface area contributed by atoms with Crippen molar-refractivity contribution < 1.29 is 4.74 Å². The highest BCUT2D eigenvalue weighted by atomic mass is 16.5. The minimum absolute atomic E-state index is 0.0937. The first-order valence-corrected chi connectivity index (χ1v) is 6.58. The van der Waals surface area contributed by atoms with Gasteiger partial charge in [-0.2, -0.15) is 0 Å². The number of nitrogens with one attached hydrogen (secondary N) is 1. The van der Waals surface area contributed by atoms with Crippen molar-refractivity contribution in [2.75, 3.05) is 7.11 Å². The molecular weight excluding hydrogens is 238 g/mol. The molecule has 1 heterocycles.